The third-order valence-electron chi connectivity index (χ3n) is 6.88. The Morgan fingerprint density at radius 3 is 2.43 bits per heavy atom. The van der Waals surface area contributed by atoms with Crippen molar-refractivity contribution in [1.82, 2.24) is 15.5 Å². The maximum atomic E-state index is 12.8. The summed E-state index contributed by atoms with van der Waals surface area (Å²) < 4.78 is 0. The Morgan fingerprint density at radius 1 is 1.17 bits per heavy atom. The molecule has 162 valence electrons. The molecule has 2 aliphatic heterocycles. The summed E-state index contributed by atoms with van der Waals surface area (Å²) in [6.45, 7) is 9.51. The molecule has 3 fully saturated rings. The van der Waals surface area contributed by atoms with E-state index in [9.17, 15) is 14.4 Å². The molecule has 3 N–H and O–H groups in total. The largest absolute Gasteiger partial charge is 0.369 e. The van der Waals surface area contributed by atoms with E-state index in [-0.39, 0.29) is 17.7 Å². The van der Waals surface area contributed by atoms with E-state index in [1.54, 1.807) is 0 Å². The summed E-state index contributed by atoms with van der Waals surface area (Å²) in [5, 5.41) is 8.12. The average Bonchev–Trinajstić information content (AvgIpc) is 3.02. The third kappa shape index (κ3) is 4.01. The molecule has 4 amide bonds. The summed E-state index contributed by atoms with van der Waals surface area (Å²) >= 11 is 0. The molecule has 8 nitrogen and oxygen atoms in total. The molecule has 1 saturated carbocycles. The SMILES string of the molecule is CCN1CCN(c2ccc(NC(=O)C3CCC4(CC3)NC(=O)NC4=O)c(C)c2)CC1. The number of carbonyl (C=O) groups is 3. The summed E-state index contributed by atoms with van der Waals surface area (Å²) in [6, 6.07) is 5.78. The van der Waals surface area contributed by atoms with E-state index in [2.05, 4.69) is 44.8 Å². The van der Waals surface area contributed by atoms with Crippen molar-refractivity contribution in [2.45, 2.75) is 45.1 Å². The van der Waals surface area contributed by atoms with Crippen LogP contribution in [0.2, 0.25) is 0 Å². The van der Waals surface area contributed by atoms with Gasteiger partial charge in [-0.3, -0.25) is 14.9 Å². The molecule has 1 spiro atoms. The van der Waals surface area contributed by atoms with Gasteiger partial charge in [-0.2, -0.15) is 0 Å². The number of imide groups is 1. The van der Waals surface area contributed by atoms with Crippen LogP contribution in [0.5, 0.6) is 0 Å². The van der Waals surface area contributed by atoms with Crippen LogP contribution in [0.15, 0.2) is 18.2 Å². The molecular formula is C22H31N5O3. The molecule has 4 rings (SSSR count). The molecule has 1 aromatic carbocycles. The lowest BCUT2D eigenvalue weighted by molar-refractivity contribution is -0.128. The van der Waals surface area contributed by atoms with Gasteiger partial charge in [0.1, 0.15) is 5.54 Å². The number of likely N-dealkylation sites (N-methyl/N-ethyl adjacent to an activating group) is 1. The maximum Gasteiger partial charge on any atom is 0.322 e. The van der Waals surface area contributed by atoms with Gasteiger partial charge < -0.3 is 20.4 Å². The van der Waals surface area contributed by atoms with Crippen molar-refractivity contribution in [3.05, 3.63) is 23.8 Å². The zero-order valence-corrected chi connectivity index (χ0v) is 17.8. The van der Waals surface area contributed by atoms with Crippen molar-refractivity contribution in [1.29, 1.82) is 0 Å². The first kappa shape index (κ1) is 20.7. The third-order valence-corrected chi connectivity index (χ3v) is 6.88. The predicted molar refractivity (Wildman–Crippen MR) is 115 cm³/mol. The van der Waals surface area contributed by atoms with Gasteiger partial charge in [0.2, 0.25) is 5.91 Å². The van der Waals surface area contributed by atoms with Crippen LogP contribution in [0.4, 0.5) is 16.2 Å². The van der Waals surface area contributed by atoms with E-state index in [1.165, 1.54) is 5.69 Å². The van der Waals surface area contributed by atoms with Crippen molar-refractivity contribution >= 4 is 29.2 Å². The molecular weight excluding hydrogens is 382 g/mol. The van der Waals surface area contributed by atoms with Crippen molar-refractivity contribution in [2.24, 2.45) is 5.92 Å². The van der Waals surface area contributed by atoms with Gasteiger partial charge in [-0.25, -0.2) is 4.79 Å². The van der Waals surface area contributed by atoms with Gasteiger partial charge in [0.05, 0.1) is 0 Å². The Bertz CT molecular complexity index is 839. The average molecular weight is 414 g/mol. The van der Waals surface area contributed by atoms with Crippen LogP contribution in [0, 0.1) is 12.8 Å². The number of nitrogens with zero attached hydrogens (tertiary/aromatic N) is 2. The number of hydrogen-bond donors (Lipinski definition) is 3. The second-order valence-electron chi connectivity index (χ2n) is 8.67. The maximum absolute atomic E-state index is 12.8. The van der Waals surface area contributed by atoms with Crippen LogP contribution in [-0.2, 0) is 9.59 Å². The molecule has 0 unspecified atom stereocenters. The summed E-state index contributed by atoms with van der Waals surface area (Å²) in [5.74, 6) is -0.429. The van der Waals surface area contributed by atoms with E-state index < -0.39 is 11.6 Å². The fourth-order valence-electron chi connectivity index (χ4n) is 4.79. The normalized spacial score (nSPS) is 27.1. The lowest BCUT2D eigenvalue weighted by atomic mass is 9.76. The Balaban J connectivity index is 1.34. The highest BCUT2D eigenvalue weighted by Crippen LogP contribution is 2.35. The predicted octanol–water partition coefficient (Wildman–Crippen LogP) is 1.84. The Morgan fingerprint density at radius 2 is 1.87 bits per heavy atom. The molecule has 8 heteroatoms. The lowest BCUT2D eigenvalue weighted by Crippen LogP contribution is -2.50. The topological polar surface area (TPSA) is 93.8 Å². The zero-order valence-electron chi connectivity index (χ0n) is 17.8. The molecule has 0 bridgehead atoms. The number of rotatable bonds is 4. The number of piperazine rings is 1. The number of hydrogen-bond acceptors (Lipinski definition) is 5. The Labute approximate surface area is 177 Å². The quantitative estimate of drug-likeness (QED) is 0.655. The fraction of sp³-hybridized carbons (Fsp3) is 0.591. The number of nitrogens with one attached hydrogen (secondary N) is 3. The minimum atomic E-state index is -0.826. The molecule has 2 saturated heterocycles. The summed E-state index contributed by atoms with van der Waals surface area (Å²) in [7, 11) is 0. The van der Waals surface area contributed by atoms with Crippen molar-refractivity contribution in [3.8, 4) is 0 Å². The lowest BCUT2D eigenvalue weighted by Gasteiger charge is -2.36. The minimum absolute atomic E-state index is 0.0120. The molecule has 0 radical (unpaired) electrons. The fourth-order valence-corrected chi connectivity index (χ4v) is 4.79. The number of aryl methyl sites for hydroxylation is 1. The van der Waals surface area contributed by atoms with Crippen LogP contribution < -0.4 is 20.9 Å². The highest BCUT2D eigenvalue weighted by molar-refractivity contribution is 6.07. The first-order valence-corrected chi connectivity index (χ1v) is 10.9. The Hall–Kier alpha value is -2.61. The highest BCUT2D eigenvalue weighted by Gasteiger charge is 2.48. The van der Waals surface area contributed by atoms with Crippen LogP contribution in [-0.4, -0.2) is 61.0 Å². The monoisotopic (exact) mass is 413 g/mol. The van der Waals surface area contributed by atoms with Gasteiger partial charge >= 0.3 is 6.03 Å². The van der Waals surface area contributed by atoms with E-state index in [0.717, 1.165) is 44.0 Å². The zero-order chi connectivity index (χ0) is 21.3. The van der Waals surface area contributed by atoms with Crippen molar-refractivity contribution < 1.29 is 14.4 Å². The van der Waals surface area contributed by atoms with E-state index in [0.29, 0.717) is 25.7 Å². The van der Waals surface area contributed by atoms with Crippen LogP contribution in [0.3, 0.4) is 0 Å². The number of urea groups is 1. The van der Waals surface area contributed by atoms with E-state index >= 15 is 0 Å². The Kier molecular flexibility index (Phi) is 5.69. The van der Waals surface area contributed by atoms with Gasteiger partial charge in [-0.15, -0.1) is 0 Å². The minimum Gasteiger partial charge on any atom is -0.369 e. The molecule has 2 heterocycles. The summed E-state index contributed by atoms with van der Waals surface area (Å²) in [6.07, 6.45) is 2.14. The second-order valence-corrected chi connectivity index (χ2v) is 8.67. The second kappa shape index (κ2) is 8.26. The van der Waals surface area contributed by atoms with Crippen LogP contribution in [0.1, 0.15) is 38.2 Å². The number of benzene rings is 1. The summed E-state index contributed by atoms with van der Waals surface area (Å²) in [5.41, 5.74) is 2.26. The molecule has 1 aliphatic carbocycles. The standard InChI is InChI=1S/C22H31N5O3/c1-3-26-10-12-27(13-11-26)17-4-5-18(15(2)14-17)23-19(28)16-6-8-22(9-7-16)20(29)24-21(30)25-22/h4-5,14,16H,3,6-13H2,1-2H3,(H,23,28)(H2,24,25,29,30). The van der Waals surface area contributed by atoms with Gasteiger partial charge in [0.25, 0.3) is 5.91 Å². The van der Waals surface area contributed by atoms with Crippen LogP contribution in [0.25, 0.3) is 0 Å². The first-order chi connectivity index (χ1) is 14.4. The van der Waals surface area contributed by atoms with Crippen molar-refractivity contribution in [2.75, 3.05) is 42.9 Å². The molecule has 0 aromatic heterocycles. The van der Waals surface area contributed by atoms with Crippen molar-refractivity contribution in [3.63, 3.8) is 0 Å². The molecule has 3 aliphatic rings. The molecule has 1 aromatic rings. The van der Waals surface area contributed by atoms with Crippen LogP contribution >= 0.6 is 0 Å². The molecule has 0 atom stereocenters. The van der Waals surface area contributed by atoms with Gasteiger partial charge in [0.15, 0.2) is 0 Å². The van der Waals surface area contributed by atoms with Gasteiger partial charge in [-0.1, -0.05) is 6.92 Å². The van der Waals surface area contributed by atoms with Gasteiger partial charge in [0, 0.05) is 43.5 Å². The number of carbonyl (C=O) groups excluding carboxylic acids is 3. The van der Waals surface area contributed by atoms with E-state index in [4.69, 9.17) is 0 Å². The highest BCUT2D eigenvalue weighted by atomic mass is 16.2. The number of anilines is 2. The first-order valence-electron chi connectivity index (χ1n) is 10.9. The van der Waals surface area contributed by atoms with Gasteiger partial charge in [-0.05, 0) is 62.9 Å². The smallest absolute Gasteiger partial charge is 0.322 e. The summed E-state index contributed by atoms with van der Waals surface area (Å²) in [4.78, 5) is 41.2. The van der Waals surface area contributed by atoms with E-state index in [1.807, 2.05) is 13.0 Å². The number of amides is 4. The molecule has 30 heavy (non-hydrogen) atoms.